The van der Waals surface area contributed by atoms with E-state index in [9.17, 15) is 5.11 Å². The Morgan fingerprint density at radius 2 is 1.57 bits per heavy atom. The third-order valence-electron chi connectivity index (χ3n) is 9.42. The zero-order valence-corrected chi connectivity index (χ0v) is 31.1. The van der Waals surface area contributed by atoms with E-state index in [0.29, 0.717) is 56.2 Å². The number of benzene rings is 5. The van der Waals surface area contributed by atoms with E-state index in [1.165, 1.54) is 24.4 Å². The van der Waals surface area contributed by atoms with Crippen LogP contribution in [0, 0.1) is 13.7 Å². The summed E-state index contributed by atoms with van der Waals surface area (Å²) < 4.78 is 63.6. The first-order chi connectivity index (χ1) is 27.6. The van der Waals surface area contributed by atoms with Crippen LogP contribution in [0.2, 0.25) is 0 Å². The van der Waals surface area contributed by atoms with Gasteiger partial charge < -0.3 is 18.9 Å². The fraction of sp³-hybridized carbons (Fsp3) is 0.133. The van der Waals surface area contributed by atoms with Crippen LogP contribution in [0.5, 0.6) is 5.75 Å². The summed E-state index contributed by atoms with van der Waals surface area (Å²) in [5, 5.41) is 13.4. The molecule has 0 bridgehead atoms. The number of pyridine rings is 1. The number of aromatic nitrogens is 3. The van der Waals surface area contributed by atoms with Crippen molar-refractivity contribution in [3.63, 3.8) is 0 Å². The normalized spacial score (nSPS) is 14.2. The Morgan fingerprint density at radius 3 is 2.36 bits per heavy atom. The van der Waals surface area contributed by atoms with Gasteiger partial charge in [-0.1, -0.05) is 87.0 Å². The van der Waals surface area contributed by atoms with Gasteiger partial charge in [0.15, 0.2) is 11.4 Å². The van der Waals surface area contributed by atoms with Crippen LogP contribution >= 0.6 is 0 Å². The Balaban J connectivity index is 0.00000484. The molecule has 4 heterocycles. The van der Waals surface area contributed by atoms with Crippen molar-refractivity contribution in [1.82, 2.24) is 14.4 Å². The summed E-state index contributed by atoms with van der Waals surface area (Å²) in [6.45, 7) is 1.12. The zero-order chi connectivity index (χ0) is 40.7. The van der Waals surface area contributed by atoms with Gasteiger partial charge in [0.25, 0.3) is 0 Å². The van der Waals surface area contributed by atoms with Crippen molar-refractivity contribution in [2.24, 2.45) is 4.99 Å². The van der Waals surface area contributed by atoms with Gasteiger partial charge in [-0.3, -0.25) is 9.38 Å². The second kappa shape index (κ2) is 13.0. The summed E-state index contributed by atoms with van der Waals surface area (Å²) in [5.74, 6) is 0.706. The number of aryl methyl sites for hydroxylation is 2. The summed E-state index contributed by atoms with van der Waals surface area (Å²) in [6, 6.07) is 32.1. The summed E-state index contributed by atoms with van der Waals surface area (Å²) in [7, 11) is 0. The van der Waals surface area contributed by atoms with E-state index >= 15 is 0 Å². The van der Waals surface area contributed by atoms with E-state index in [0.717, 1.165) is 21.9 Å². The Hall–Kier alpha value is -5.78. The first-order valence-electron chi connectivity index (χ1n) is 19.8. The summed E-state index contributed by atoms with van der Waals surface area (Å²) in [6.07, 6.45) is 4.56. The Morgan fingerprint density at radius 1 is 0.774 bits per heavy atom. The molecule has 0 radical (unpaired) electrons. The van der Waals surface area contributed by atoms with Crippen LogP contribution in [0.25, 0.3) is 72.5 Å². The molecule has 0 unspecified atom stereocenters. The van der Waals surface area contributed by atoms with Gasteiger partial charge in [0, 0.05) is 52.3 Å². The minimum atomic E-state index is -2.57. The number of furan rings is 1. The predicted molar refractivity (Wildman–Crippen MR) is 209 cm³/mol. The van der Waals surface area contributed by atoms with E-state index in [4.69, 9.17) is 22.0 Å². The van der Waals surface area contributed by atoms with Crippen molar-refractivity contribution in [2.45, 2.75) is 39.9 Å². The minimum Gasteiger partial charge on any atom is -0.507 e. The minimum absolute atomic E-state index is 0. The number of aliphatic imine (C=N–C) groups is 1. The summed E-state index contributed by atoms with van der Waals surface area (Å²) in [4.78, 5) is 14.1. The third-order valence-corrected chi connectivity index (χ3v) is 9.42. The molecule has 0 aliphatic heterocycles. The number of hydrogen-bond donors (Lipinski definition) is 1. The largest absolute Gasteiger partial charge is 0.507 e. The Labute approximate surface area is 329 Å². The van der Waals surface area contributed by atoms with E-state index < -0.39 is 13.7 Å². The monoisotopic (exact) mass is 880 g/mol. The number of imidazole rings is 1. The molecule has 5 aromatic carbocycles. The maximum atomic E-state index is 11.5. The second-order valence-corrected chi connectivity index (χ2v) is 13.8. The number of oxazole rings is 1. The molecular formula is C45H35N4O3Pt-. The standard InChI is InChI=1S/C45H35N4O3.Pt/c1-26-11-10-12-27(2)41(26)28-19-20-46-40(21-28)47-25-29-13-6-7-14-31(29)42-44-49(43(48-42)33-18-17-30(22-36(33)50)45(3,4)5)35-24-38-34(23-39(35)52-44)32-15-8-9-16-37(32)51-38;/h6-24,50H,1-5H3;/q-1;/i1D3,2D3;. The molecule has 264 valence electrons. The molecule has 1 N–H and O–H groups in total. The summed E-state index contributed by atoms with van der Waals surface area (Å²) in [5.41, 5.74) is 6.34. The van der Waals surface area contributed by atoms with Gasteiger partial charge in [-0.15, -0.1) is 17.7 Å². The molecule has 0 saturated carbocycles. The number of phenolic OH excluding ortho intramolecular Hbond substituents is 1. The van der Waals surface area contributed by atoms with Crippen LogP contribution in [-0.4, -0.2) is 25.7 Å². The molecule has 0 spiro atoms. The fourth-order valence-electron chi connectivity index (χ4n) is 6.77. The van der Waals surface area contributed by atoms with Crippen LogP contribution in [0.15, 0.2) is 129 Å². The smallest absolute Gasteiger partial charge is 0.223 e. The average Bonchev–Trinajstić information content (AvgIpc) is 3.85. The molecule has 4 aromatic heterocycles. The number of rotatable bonds is 5. The van der Waals surface area contributed by atoms with Crippen molar-refractivity contribution in [3.05, 3.63) is 138 Å². The van der Waals surface area contributed by atoms with Crippen LogP contribution in [0.1, 0.15) is 51.2 Å². The predicted octanol–water partition coefficient (Wildman–Crippen LogP) is 11.6. The molecule has 8 heteroatoms. The van der Waals surface area contributed by atoms with Gasteiger partial charge in [0.2, 0.25) is 5.71 Å². The first kappa shape index (κ1) is 27.8. The molecule has 53 heavy (non-hydrogen) atoms. The maximum Gasteiger partial charge on any atom is 0.223 e. The van der Waals surface area contributed by atoms with E-state index in [1.807, 2.05) is 77.2 Å². The molecule has 0 fully saturated rings. The number of aromatic hydroxyl groups is 1. The van der Waals surface area contributed by atoms with E-state index in [1.54, 1.807) is 18.2 Å². The second-order valence-electron chi connectivity index (χ2n) is 13.8. The Kier molecular flexibility index (Phi) is 6.83. The van der Waals surface area contributed by atoms with Crippen molar-refractivity contribution in [3.8, 4) is 39.5 Å². The molecule has 0 aliphatic carbocycles. The van der Waals surface area contributed by atoms with Crippen LogP contribution in [0.3, 0.4) is 0 Å². The van der Waals surface area contributed by atoms with E-state index in [2.05, 4.69) is 37.0 Å². The van der Waals surface area contributed by atoms with Crippen molar-refractivity contribution in [2.75, 3.05) is 0 Å². The Bertz CT molecular complexity index is 3080. The van der Waals surface area contributed by atoms with Gasteiger partial charge in [-0.05, 0) is 83.5 Å². The third kappa shape index (κ3) is 5.86. The molecular weight excluding hydrogens is 840 g/mol. The maximum absolute atomic E-state index is 11.5. The molecule has 0 amide bonds. The molecule has 7 nitrogen and oxygen atoms in total. The molecule has 0 atom stereocenters. The zero-order valence-electron chi connectivity index (χ0n) is 34.8. The van der Waals surface area contributed by atoms with Crippen LogP contribution in [-0.2, 0) is 26.5 Å². The fourth-order valence-corrected chi connectivity index (χ4v) is 6.77. The van der Waals surface area contributed by atoms with Gasteiger partial charge in [0.05, 0.1) is 22.6 Å². The number of nitrogens with zero attached hydrogens (tertiary/aromatic N) is 4. The van der Waals surface area contributed by atoms with Crippen LogP contribution in [0.4, 0.5) is 5.82 Å². The number of phenols is 1. The first-order valence-corrected chi connectivity index (χ1v) is 16.8. The van der Waals surface area contributed by atoms with Crippen molar-refractivity contribution >= 4 is 50.8 Å². The number of hydrogen-bond acceptors (Lipinski definition) is 6. The average molecular weight is 881 g/mol. The molecule has 0 aliphatic rings. The molecule has 9 rings (SSSR count). The van der Waals surface area contributed by atoms with Gasteiger partial charge >= 0.3 is 0 Å². The van der Waals surface area contributed by atoms with Gasteiger partial charge in [0.1, 0.15) is 16.9 Å². The molecule has 9 aromatic rings. The van der Waals surface area contributed by atoms with E-state index in [-0.39, 0.29) is 54.7 Å². The number of para-hydroxylation sites is 1. The van der Waals surface area contributed by atoms with Gasteiger partial charge in [-0.2, -0.15) is 0 Å². The number of fused-ring (bicyclic) bond motifs is 6. The van der Waals surface area contributed by atoms with Crippen molar-refractivity contribution in [1.29, 1.82) is 0 Å². The topological polar surface area (TPSA) is 89.1 Å². The van der Waals surface area contributed by atoms with Crippen molar-refractivity contribution < 1.29 is 43.2 Å². The van der Waals surface area contributed by atoms with Crippen LogP contribution < -0.4 is 0 Å². The van der Waals surface area contributed by atoms with Gasteiger partial charge in [-0.25, -0.2) is 4.98 Å². The SMILES string of the molecule is [2H]C([2H])([2H])c1cccc(C([2H])([2H])[2H])c1-c1ccnc(N=[C-]c2ccccc2-c2nc(-c3ccc(C(C)(C)C)cc3O)n3c2oc2cc4c(cc23)oc2ccccc24)c1.[Pt]. The molecule has 0 saturated heterocycles. The quantitative estimate of drug-likeness (QED) is 0.137. The summed E-state index contributed by atoms with van der Waals surface area (Å²) >= 11 is 0.